The van der Waals surface area contributed by atoms with E-state index in [0.717, 1.165) is 30.0 Å². The molecule has 5 rings (SSSR count). The van der Waals surface area contributed by atoms with Crippen molar-refractivity contribution in [1.29, 1.82) is 0 Å². The molecule has 26 heavy (non-hydrogen) atoms. The second-order valence-electron chi connectivity index (χ2n) is 9.62. The molecule has 138 valence electrons. The molecular formula is C23H30N2O. The number of hydrogen-bond donors (Lipinski definition) is 1. The van der Waals surface area contributed by atoms with Crippen molar-refractivity contribution in [2.45, 2.75) is 59.4 Å². The summed E-state index contributed by atoms with van der Waals surface area (Å²) in [5.41, 5.74) is 4.29. The summed E-state index contributed by atoms with van der Waals surface area (Å²) in [6, 6.07) is 6.36. The quantitative estimate of drug-likeness (QED) is 0.816. The SMILES string of the molecule is Cc1cccc2c1c(C(=O)NCC13CCC4CC41CC3)cn2CC(C)C. The van der Waals surface area contributed by atoms with Gasteiger partial charge in [0.2, 0.25) is 0 Å². The van der Waals surface area contributed by atoms with E-state index in [1.54, 1.807) is 0 Å². The van der Waals surface area contributed by atoms with Crippen LogP contribution in [0.1, 0.15) is 61.9 Å². The highest BCUT2D eigenvalue weighted by molar-refractivity contribution is 6.08. The minimum atomic E-state index is 0.118. The molecule has 1 heterocycles. The van der Waals surface area contributed by atoms with Gasteiger partial charge in [0.25, 0.3) is 5.91 Å². The molecule has 0 radical (unpaired) electrons. The van der Waals surface area contributed by atoms with Crippen LogP contribution in [0.2, 0.25) is 0 Å². The van der Waals surface area contributed by atoms with Gasteiger partial charge in [0.1, 0.15) is 0 Å². The molecule has 3 fully saturated rings. The van der Waals surface area contributed by atoms with E-state index in [1.807, 2.05) is 0 Å². The highest BCUT2D eigenvalue weighted by Crippen LogP contribution is 2.81. The number of benzene rings is 1. The number of nitrogens with zero attached hydrogens (tertiary/aromatic N) is 1. The Bertz CT molecular complexity index is 889. The van der Waals surface area contributed by atoms with Crippen LogP contribution in [-0.2, 0) is 6.54 Å². The van der Waals surface area contributed by atoms with Crippen molar-refractivity contribution in [1.82, 2.24) is 9.88 Å². The second kappa shape index (κ2) is 5.37. The molecule has 2 aromatic rings. The zero-order valence-corrected chi connectivity index (χ0v) is 16.3. The molecule has 3 atom stereocenters. The van der Waals surface area contributed by atoms with E-state index in [0.29, 0.717) is 16.7 Å². The number of amides is 1. The Morgan fingerprint density at radius 1 is 1.31 bits per heavy atom. The second-order valence-corrected chi connectivity index (χ2v) is 9.62. The Morgan fingerprint density at radius 2 is 2.15 bits per heavy atom. The molecule has 3 aliphatic rings. The van der Waals surface area contributed by atoms with E-state index < -0.39 is 0 Å². The summed E-state index contributed by atoms with van der Waals surface area (Å²) < 4.78 is 2.26. The van der Waals surface area contributed by atoms with Crippen LogP contribution in [0.25, 0.3) is 10.9 Å². The number of carbonyl (C=O) groups is 1. The molecule has 3 nitrogen and oxygen atoms in total. The predicted octanol–water partition coefficient (Wildman–Crippen LogP) is 4.92. The average Bonchev–Trinajstić information content (AvgIpc) is 3.19. The molecule has 3 heteroatoms. The summed E-state index contributed by atoms with van der Waals surface area (Å²) in [4.78, 5) is 13.1. The maximum absolute atomic E-state index is 13.1. The van der Waals surface area contributed by atoms with Crippen molar-refractivity contribution in [3.05, 3.63) is 35.5 Å². The van der Waals surface area contributed by atoms with Crippen molar-refractivity contribution in [2.75, 3.05) is 6.54 Å². The first-order valence-corrected chi connectivity index (χ1v) is 10.3. The zero-order chi connectivity index (χ0) is 18.1. The Labute approximate surface area is 156 Å². The largest absolute Gasteiger partial charge is 0.351 e. The van der Waals surface area contributed by atoms with Crippen LogP contribution < -0.4 is 5.32 Å². The first kappa shape index (κ1) is 16.4. The molecule has 1 spiro atoms. The summed E-state index contributed by atoms with van der Waals surface area (Å²) in [7, 11) is 0. The van der Waals surface area contributed by atoms with Gasteiger partial charge in [-0.2, -0.15) is 0 Å². The monoisotopic (exact) mass is 350 g/mol. The van der Waals surface area contributed by atoms with E-state index >= 15 is 0 Å². The standard InChI is InChI=1S/C23H30N2O/c1-15(2)12-25-13-18(20-16(3)5-4-6-19(20)25)21(26)24-14-22-8-7-17-11-23(17,22)10-9-22/h4-6,13,15,17H,7-12,14H2,1-3H3,(H,24,26). The molecule has 0 aliphatic heterocycles. The highest BCUT2D eigenvalue weighted by Gasteiger charge is 2.74. The summed E-state index contributed by atoms with van der Waals surface area (Å²) in [6.45, 7) is 8.39. The molecule has 0 bridgehead atoms. The maximum Gasteiger partial charge on any atom is 0.253 e. The molecule has 0 saturated heterocycles. The normalized spacial score (nSPS) is 31.6. The van der Waals surface area contributed by atoms with Gasteiger partial charge in [-0.3, -0.25) is 4.79 Å². The third-order valence-corrected chi connectivity index (χ3v) is 7.82. The van der Waals surface area contributed by atoms with Gasteiger partial charge in [-0.15, -0.1) is 0 Å². The average molecular weight is 351 g/mol. The zero-order valence-electron chi connectivity index (χ0n) is 16.3. The van der Waals surface area contributed by atoms with E-state index in [2.05, 4.69) is 55.1 Å². The maximum atomic E-state index is 13.1. The Kier molecular flexibility index (Phi) is 3.39. The topological polar surface area (TPSA) is 34.0 Å². The molecular weight excluding hydrogens is 320 g/mol. The van der Waals surface area contributed by atoms with Crippen molar-refractivity contribution in [2.24, 2.45) is 22.7 Å². The lowest BCUT2D eigenvalue weighted by atomic mass is 9.57. The predicted molar refractivity (Wildman–Crippen MR) is 105 cm³/mol. The fraction of sp³-hybridized carbons (Fsp3) is 0.609. The van der Waals surface area contributed by atoms with Gasteiger partial charge in [0.05, 0.1) is 5.56 Å². The van der Waals surface area contributed by atoms with Crippen LogP contribution in [0, 0.1) is 29.6 Å². The lowest BCUT2D eigenvalue weighted by Gasteiger charge is -2.49. The molecule has 3 saturated carbocycles. The van der Waals surface area contributed by atoms with E-state index in [4.69, 9.17) is 0 Å². The van der Waals surface area contributed by atoms with E-state index in [9.17, 15) is 4.79 Å². The molecule has 3 unspecified atom stereocenters. The number of rotatable bonds is 5. The molecule has 1 amide bonds. The van der Waals surface area contributed by atoms with Crippen LogP contribution in [0.5, 0.6) is 0 Å². The van der Waals surface area contributed by atoms with E-state index in [-0.39, 0.29) is 5.91 Å². The van der Waals surface area contributed by atoms with Crippen LogP contribution in [0.4, 0.5) is 0 Å². The summed E-state index contributed by atoms with van der Waals surface area (Å²) in [5.74, 6) is 1.65. The fourth-order valence-electron chi connectivity index (χ4n) is 6.29. The summed E-state index contributed by atoms with van der Waals surface area (Å²) >= 11 is 0. The first-order valence-electron chi connectivity index (χ1n) is 10.3. The first-order chi connectivity index (χ1) is 12.5. The smallest absolute Gasteiger partial charge is 0.253 e. The van der Waals surface area contributed by atoms with Crippen molar-refractivity contribution < 1.29 is 4.79 Å². The van der Waals surface area contributed by atoms with Crippen molar-refractivity contribution in [3.63, 3.8) is 0 Å². The number of aromatic nitrogens is 1. The minimum Gasteiger partial charge on any atom is -0.351 e. The Hall–Kier alpha value is -1.77. The van der Waals surface area contributed by atoms with Gasteiger partial charge < -0.3 is 9.88 Å². The molecule has 1 aromatic carbocycles. The van der Waals surface area contributed by atoms with Crippen LogP contribution in [0.3, 0.4) is 0 Å². The lowest BCUT2D eigenvalue weighted by molar-refractivity contribution is 0.0203. The number of carbonyl (C=O) groups excluding carboxylic acids is 1. The third kappa shape index (κ3) is 2.09. The van der Waals surface area contributed by atoms with Crippen LogP contribution in [0.15, 0.2) is 24.4 Å². The van der Waals surface area contributed by atoms with Gasteiger partial charge >= 0.3 is 0 Å². The third-order valence-electron chi connectivity index (χ3n) is 7.82. The lowest BCUT2D eigenvalue weighted by Crippen LogP contribution is -2.48. The van der Waals surface area contributed by atoms with Gasteiger partial charge in [-0.1, -0.05) is 26.0 Å². The van der Waals surface area contributed by atoms with Gasteiger partial charge in [-0.05, 0) is 73.3 Å². The summed E-state index contributed by atoms with van der Waals surface area (Å²) in [5, 5.41) is 4.48. The number of nitrogens with one attached hydrogen (secondary N) is 1. The number of aryl methyl sites for hydroxylation is 1. The highest BCUT2D eigenvalue weighted by atomic mass is 16.1. The van der Waals surface area contributed by atoms with Gasteiger partial charge in [-0.25, -0.2) is 0 Å². The van der Waals surface area contributed by atoms with Crippen molar-refractivity contribution in [3.8, 4) is 0 Å². The van der Waals surface area contributed by atoms with E-state index in [1.165, 1.54) is 43.2 Å². The minimum absolute atomic E-state index is 0.118. The molecule has 1 aromatic heterocycles. The van der Waals surface area contributed by atoms with Gasteiger partial charge in [0, 0.05) is 30.2 Å². The van der Waals surface area contributed by atoms with Crippen molar-refractivity contribution >= 4 is 16.8 Å². The Balaban J connectivity index is 1.42. The van der Waals surface area contributed by atoms with Crippen LogP contribution in [-0.4, -0.2) is 17.0 Å². The Morgan fingerprint density at radius 3 is 2.81 bits per heavy atom. The fourth-order valence-corrected chi connectivity index (χ4v) is 6.29. The van der Waals surface area contributed by atoms with Crippen LogP contribution >= 0.6 is 0 Å². The molecule has 1 N–H and O–H groups in total. The summed E-state index contributed by atoms with van der Waals surface area (Å²) in [6.07, 6.45) is 8.94. The molecule has 3 aliphatic carbocycles. The van der Waals surface area contributed by atoms with Gasteiger partial charge in [0.15, 0.2) is 0 Å². The number of hydrogen-bond acceptors (Lipinski definition) is 1. The number of fused-ring (bicyclic) bond motifs is 1.